The fourth-order valence-corrected chi connectivity index (χ4v) is 6.45. The predicted molar refractivity (Wildman–Crippen MR) is 38.6 cm³/mol. The van der Waals surface area contributed by atoms with Crippen LogP contribution in [-0.4, -0.2) is 11.7 Å². The van der Waals surface area contributed by atoms with Crippen LogP contribution in [0.2, 0.25) is 0 Å². The van der Waals surface area contributed by atoms with Gasteiger partial charge in [-0.05, 0) is 47.8 Å². The second-order valence-electron chi connectivity index (χ2n) is 5.57. The Bertz CT molecular complexity index is 261. The zero-order valence-corrected chi connectivity index (χ0v) is 6.40. The first kappa shape index (κ1) is 4.86. The minimum atomic E-state index is 0.531. The zero-order chi connectivity index (χ0) is 6.96. The van der Waals surface area contributed by atoms with Crippen molar-refractivity contribution in [1.29, 1.82) is 0 Å². The lowest BCUT2D eigenvalue weighted by molar-refractivity contribution is -0.455. The highest BCUT2D eigenvalue weighted by Gasteiger charge is 2.97. The number of rotatable bonds is 1. The lowest BCUT2D eigenvalue weighted by Gasteiger charge is -2.91. The van der Waals surface area contributed by atoms with Crippen LogP contribution in [0.3, 0.4) is 0 Å². The minimum absolute atomic E-state index is 0.531. The SMILES string of the molecule is OCC12C3[C@H]4C5CC([C@H]41)[C@@H]2[C@@H]53. The fourth-order valence-electron chi connectivity index (χ4n) is 6.45. The molecule has 1 nitrogen and oxygen atoms in total. The summed E-state index contributed by atoms with van der Waals surface area (Å²) in [5, 5.41) is 9.34. The second-order valence-corrected chi connectivity index (χ2v) is 5.57. The van der Waals surface area contributed by atoms with E-state index in [1.54, 1.807) is 6.42 Å². The molecule has 0 aromatic heterocycles. The van der Waals surface area contributed by atoms with E-state index in [2.05, 4.69) is 0 Å². The van der Waals surface area contributed by atoms with Crippen molar-refractivity contribution in [2.75, 3.05) is 6.61 Å². The topological polar surface area (TPSA) is 20.2 Å². The molecule has 6 saturated carbocycles. The first-order valence-electron chi connectivity index (χ1n) is 5.02. The summed E-state index contributed by atoms with van der Waals surface area (Å²) >= 11 is 0. The van der Waals surface area contributed by atoms with E-state index in [1.807, 2.05) is 0 Å². The molecule has 6 fully saturated rings. The summed E-state index contributed by atoms with van der Waals surface area (Å²) < 4.78 is 0. The van der Waals surface area contributed by atoms with Crippen LogP contribution in [0.5, 0.6) is 0 Å². The number of hydrogen-bond acceptors (Lipinski definition) is 1. The normalized spacial score (nSPS) is 89.7. The van der Waals surface area contributed by atoms with Gasteiger partial charge in [0, 0.05) is 12.0 Å². The molecule has 1 N–H and O–H groups in total. The third-order valence-corrected chi connectivity index (χ3v) is 6.25. The highest BCUT2D eigenvalue weighted by atomic mass is 16.3. The average molecular weight is 148 g/mol. The summed E-state index contributed by atoms with van der Waals surface area (Å²) in [5.74, 6) is 7.60. The van der Waals surface area contributed by atoms with Crippen LogP contribution in [0.4, 0.5) is 0 Å². The minimum Gasteiger partial charge on any atom is -0.396 e. The maximum Gasteiger partial charge on any atom is 0.0496 e. The molecule has 0 aliphatic heterocycles. The van der Waals surface area contributed by atoms with Crippen molar-refractivity contribution in [2.45, 2.75) is 6.42 Å². The van der Waals surface area contributed by atoms with Crippen LogP contribution >= 0.6 is 0 Å². The summed E-state index contributed by atoms with van der Waals surface area (Å²) in [6.07, 6.45) is 1.56. The van der Waals surface area contributed by atoms with E-state index < -0.39 is 0 Å². The Balaban J connectivity index is 1.79. The van der Waals surface area contributed by atoms with Crippen LogP contribution in [0.25, 0.3) is 0 Å². The Morgan fingerprint density at radius 1 is 1.09 bits per heavy atom. The van der Waals surface area contributed by atoms with Crippen molar-refractivity contribution >= 4 is 0 Å². The largest absolute Gasteiger partial charge is 0.396 e. The molecule has 11 heavy (non-hydrogen) atoms. The van der Waals surface area contributed by atoms with Gasteiger partial charge in [-0.2, -0.15) is 0 Å². The Morgan fingerprint density at radius 2 is 1.82 bits per heavy atom. The molecule has 0 heterocycles. The molecule has 0 amide bonds. The van der Waals surface area contributed by atoms with Gasteiger partial charge in [-0.15, -0.1) is 0 Å². The smallest absolute Gasteiger partial charge is 0.0496 e. The van der Waals surface area contributed by atoms with Gasteiger partial charge in [0.05, 0.1) is 0 Å². The zero-order valence-electron chi connectivity index (χ0n) is 6.40. The molecule has 0 saturated heterocycles. The van der Waals surface area contributed by atoms with Gasteiger partial charge in [-0.1, -0.05) is 0 Å². The lowest BCUT2D eigenvalue weighted by Crippen LogP contribution is -2.89. The van der Waals surface area contributed by atoms with Gasteiger partial charge < -0.3 is 5.11 Å². The van der Waals surface area contributed by atoms with E-state index in [1.165, 1.54) is 0 Å². The van der Waals surface area contributed by atoms with Crippen LogP contribution in [-0.2, 0) is 0 Å². The highest BCUT2D eigenvalue weighted by molar-refractivity contribution is 5.43. The van der Waals surface area contributed by atoms with Crippen molar-refractivity contribution in [2.24, 2.45) is 46.8 Å². The Morgan fingerprint density at radius 3 is 2.36 bits per heavy atom. The van der Waals surface area contributed by atoms with E-state index in [4.69, 9.17) is 0 Å². The van der Waals surface area contributed by atoms with Crippen LogP contribution in [0.15, 0.2) is 0 Å². The first-order chi connectivity index (χ1) is 5.41. The standard InChI is InChI=1S/C10H12O/c11-2-10-7-4-1-3-5(7)9(10)6(3)8(4)10/h3-9,11H,1-2H2/t3?,4?,5-,6+,7-,8-,9?,10?/m1/s1. The summed E-state index contributed by atoms with van der Waals surface area (Å²) in [6.45, 7) is 0.531. The van der Waals surface area contributed by atoms with E-state index in [-0.39, 0.29) is 0 Å². The number of hydrogen-bond donors (Lipinski definition) is 1. The molecular formula is C10H12O. The molecule has 1 heteroatoms. The number of aliphatic hydroxyl groups is 1. The predicted octanol–water partition coefficient (Wildman–Crippen LogP) is 0.737. The van der Waals surface area contributed by atoms with Crippen LogP contribution < -0.4 is 0 Å². The van der Waals surface area contributed by atoms with Gasteiger partial charge in [0.15, 0.2) is 0 Å². The fraction of sp³-hybridized carbons (Fsp3) is 1.00. The van der Waals surface area contributed by atoms with Gasteiger partial charge in [0.25, 0.3) is 0 Å². The molecule has 0 spiro atoms. The molecule has 6 aliphatic rings. The van der Waals surface area contributed by atoms with E-state index in [9.17, 15) is 5.11 Å². The van der Waals surface area contributed by atoms with Gasteiger partial charge in [-0.3, -0.25) is 0 Å². The molecule has 0 aromatic carbocycles. The summed E-state index contributed by atoms with van der Waals surface area (Å²) in [6, 6.07) is 0. The third kappa shape index (κ3) is 0.195. The maximum atomic E-state index is 9.34. The summed E-state index contributed by atoms with van der Waals surface area (Å²) in [5.41, 5.74) is 0.549. The average Bonchev–Trinajstić information content (AvgIpc) is 2.27. The molecule has 0 aromatic rings. The van der Waals surface area contributed by atoms with E-state index in [0.29, 0.717) is 12.0 Å². The first-order valence-corrected chi connectivity index (χ1v) is 5.02. The quantitative estimate of drug-likeness (QED) is 0.581. The van der Waals surface area contributed by atoms with Gasteiger partial charge in [0.1, 0.15) is 0 Å². The van der Waals surface area contributed by atoms with E-state index >= 15 is 0 Å². The molecule has 6 aliphatic carbocycles. The third-order valence-electron chi connectivity index (χ3n) is 6.25. The second kappa shape index (κ2) is 0.953. The summed E-state index contributed by atoms with van der Waals surface area (Å²) in [7, 11) is 0. The molecule has 0 radical (unpaired) electrons. The Labute approximate surface area is 65.8 Å². The van der Waals surface area contributed by atoms with Gasteiger partial charge in [0.2, 0.25) is 0 Å². The maximum absolute atomic E-state index is 9.34. The van der Waals surface area contributed by atoms with Gasteiger partial charge in [-0.25, -0.2) is 0 Å². The Hall–Kier alpha value is -0.0400. The Kier molecular flexibility index (Phi) is 0.421. The molecule has 2 bridgehead atoms. The molecular weight excluding hydrogens is 136 g/mol. The van der Waals surface area contributed by atoms with Crippen LogP contribution in [0.1, 0.15) is 6.42 Å². The number of aliphatic hydroxyl groups excluding tert-OH is 1. The molecule has 8 atom stereocenters. The van der Waals surface area contributed by atoms with Crippen molar-refractivity contribution in [1.82, 2.24) is 0 Å². The van der Waals surface area contributed by atoms with Crippen molar-refractivity contribution in [3.63, 3.8) is 0 Å². The highest BCUT2D eigenvalue weighted by Crippen LogP contribution is 2.99. The lowest BCUT2D eigenvalue weighted by atomic mass is 9.13. The molecule has 58 valence electrons. The van der Waals surface area contributed by atoms with Crippen LogP contribution in [0, 0.1) is 46.8 Å². The monoisotopic (exact) mass is 148 g/mol. The van der Waals surface area contributed by atoms with Gasteiger partial charge >= 0.3 is 0 Å². The summed E-state index contributed by atoms with van der Waals surface area (Å²) in [4.78, 5) is 0. The van der Waals surface area contributed by atoms with Crippen molar-refractivity contribution < 1.29 is 5.11 Å². The molecule has 6 rings (SSSR count). The van der Waals surface area contributed by atoms with E-state index in [0.717, 1.165) is 41.4 Å². The molecule has 4 unspecified atom stereocenters. The van der Waals surface area contributed by atoms with Crippen molar-refractivity contribution in [3.8, 4) is 0 Å². The van der Waals surface area contributed by atoms with Crippen molar-refractivity contribution in [3.05, 3.63) is 0 Å².